The first-order valence-corrected chi connectivity index (χ1v) is 10.0. The van der Waals surface area contributed by atoms with E-state index >= 15 is 0 Å². The summed E-state index contributed by atoms with van der Waals surface area (Å²) in [6.07, 6.45) is 2.69. The zero-order chi connectivity index (χ0) is 20.9. The summed E-state index contributed by atoms with van der Waals surface area (Å²) in [5.74, 6) is 0.170. The highest BCUT2D eigenvalue weighted by atomic mass is 16.5. The molecule has 0 saturated heterocycles. The molecule has 0 aliphatic heterocycles. The van der Waals surface area contributed by atoms with E-state index in [0.29, 0.717) is 36.8 Å². The van der Waals surface area contributed by atoms with Crippen molar-refractivity contribution >= 4 is 11.9 Å². The number of benzene rings is 2. The summed E-state index contributed by atoms with van der Waals surface area (Å²) in [5, 5.41) is 2.75. The van der Waals surface area contributed by atoms with Gasteiger partial charge in [-0.3, -0.25) is 4.79 Å². The molecule has 2 rings (SSSR count). The van der Waals surface area contributed by atoms with E-state index in [1.54, 1.807) is 18.2 Å². The zero-order valence-electron chi connectivity index (χ0n) is 17.1. The van der Waals surface area contributed by atoms with Gasteiger partial charge in [-0.1, -0.05) is 43.7 Å². The third-order valence-electron chi connectivity index (χ3n) is 4.15. The summed E-state index contributed by atoms with van der Waals surface area (Å²) in [7, 11) is 0. The van der Waals surface area contributed by atoms with Crippen molar-refractivity contribution in [1.82, 2.24) is 5.32 Å². The molecule has 6 nitrogen and oxygen atoms in total. The molecular formula is C23H29NO5. The fourth-order valence-corrected chi connectivity index (χ4v) is 2.61. The normalized spacial score (nSPS) is 10.3. The van der Waals surface area contributed by atoms with Gasteiger partial charge in [-0.05, 0) is 43.5 Å². The van der Waals surface area contributed by atoms with Gasteiger partial charge in [0.05, 0.1) is 18.8 Å². The lowest BCUT2D eigenvalue weighted by atomic mass is 10.1. The lowest BCUT2D eigenvalue weighted by molar-refractivity contribution is -0.124. The maximum absolute atomic E-state index is 12.3. The Balaban J connectivity index is 1.82. The standard InChI is InChI=1S/C23H29NO5/c1-3-5-15-28-20-12-11-19(16-21(20)27-4-2)23(26)29-17-22(25)24-14-13-18-9-7-6-8-10-18/h6-12,16H,3-5,13-15,17H2,1-2H3,(H,24,25). The molecule has 6 heteroatoms. The van der Waals surface area contributed by atoms with E-state index in [-0.39, 0.29) is 12.5 Å². The van der Waals surface area contributed by atoms with Crippen LogP contribution in [-0.4, -0.2) is 38.2 Å². The van der Waals surface area contributed by atoms with Crippen LogP contribution >= 0.6 is 0 Å². The Morgan fingerprint density at radius 1 is 0.966 bits per heavy atom. The molecule has 0 radical (unpaired) electrons. The van der Waals surface area contributed by atoms with Crippen LogP contribution in [-0.2, 0) is 16.0 Å². The molecule has 156 valence electrons. The number of rotatable bonds is 12. The molecule has 2 aromatic rings. The fraction of sp³-hybridized carbons (Fsp3) is 0.391. The van der Waals surface area contributed by atoms with Crippen LogP contribution in [0.25, 0.3) is 0 Å². The number of ether oxygens (including phenoxy) is 3. The minimum Gasteiger partial charge on any atom is -0.490 e. The second-order valence-electron chi connectivity index (χ2n) is 6.46. The topological polar surface area (TPSA) is 73.9 Å². The average Bonchev–Trinajstić information content (AvgIpc) is 2.74. The Morgan fingerprint density at radius 2 is 1.76 bits per heavy atom. The van der Waals surface area contributed by atoms with Crippen LogP contribution in [0.5, 0.6) is 11.5 Å². The molecule has 0 fully saturated rings. The van der Waals surface area contributed by atoms with E-state index in [1.165, 1.54) is 0 Å². The van der Waals surface area contributed by atoms with Crippen molar-refractivity contribution in [2.24, 2.45) is 0 Å². The van der Waals surface area contributed by atoms with E-state index in [4.69, 9.17) is 14.2 Å². The number of nitrogens with one attached hydrogen (secondary N) is 1. The SMILES string of the molecule is CCCCOc1ccc(C(=O)OCC(=O)NCCc2ccccc2)cc1OCC. The number of carbonyl (C=O) groups excluding carboxylic acids is 2. The number of hydrogen-bond donors (Lipinski definition) is 1. The third kappa shape index (κ3) is 7.86. The molecule has 0 aromatic heterocycles. The number of hydrogen-bond acceptors (Lipinski definition) is 5. The van der Waals surface area contributed by atoms with Crippen LogP contribution in [0.3, 0.4) is 0 Å². The summed E-state index contributed by atoms with van der Waals surface area (Å²) < 4.78 is 16.4. The first-order chi connectivity index (χ1) is 14.1. The van der Waals surface area contributed by atoms with Crippen LogP contribution in [0.4, 0.5) is 0 Å². The van der Waals surface area contributed by atoms with Gasteiger partial charge in [-0.15, -0.1) is 0 Å². The van der Waals surface area contributed by atoms with Gasteiger partial charge in [-0.2, -0.15) is 0 Å². The number of unbranched alkanes of at least 4 members (excludes halogenated alkanes) is 1. The molecule has 0 aliphatic carbocycles. The van der Waals surface area contributed by atoms with Gasteiger partial charge in [0.1, 0.15) is 0 Å². The van der Waals surface area contributed by atoms with E-state index < -0.39 is 5.97 Å². The minimum atomic E-state index is -0.579. The summed E-state index contributed by atoms with van der Waals surface area (Å²) >= 11 is 0. The quantitative estimate of drug-likeness (QED) is 0.434. The summed E-state index contributed by atoms with van der Waals surface area (Å²) in [6.45, 7) is 5.14. The summed E-state index contributed by atoms with van der Waals surface area (Å²) in [6, 6.07) is 14.7. The van der Waals surface area contributed by atoms with Crippen LogP contribution in [0, 0.1) is 0 Å². The van der Waals surface area contributed by atoms with E-state index in [2.05, 4.69) is 12.2 Å². The van der Waals surface area contributed by atoms with Gasteiger partial charge in [-0.25, -0.2) is 4.79 Å². The van der Waals surface area contributed by atoms with Gasteiger partial charge in [0.2, 0.25) is 0 Å². The zero-order valence-corrected chi connectivity index (χ0v) is 17.1. The molecule has 0 saturated carbocycles. The van der Waals surface area contributed by atoms with Crippen molar-refractivity contribution in [1.29, 1.82) is 0 Å². The first-order valence-electron chi connectivity index (χ1n) is 10.0. The second kappa shape index (κ2) is 12.4. The Kier molecular flexibility index (Phi) is 9.55. The molecule has 0 unspecified atom stereocenters. The largest absolute Gasteiger partial charge is 0.490 e. The molecule has 1 amide bonds. The van der Waals surface area contributed by atoms with E-state index in [0.717, 1.165) is 24.8 Å². The molecule has 0 aliphatic rings. The number of esters is 1. The molecule has 0 heterocycles. The van der Waals surface area contributed by atoms with Gasteiger partial charge in [0.25, 0.3) is 5.91 Å². The molecule has 29 heavy (non-hydrogen) atoms. The Hall–Kier alpha value is -3.02. The van der Waals surface area contributed by atoms with Crippen molar-refractivity contribution in [2.75, 3.05) is 26.4 Å². The molecule has 0 atom stereocenters. The molecule has 1 N–H and O–H groups in total. The lowest BCUT2D eigenvalue weighted by Gasteiger charge is -2.13. The predicted octanol–water partition coefficient (Wildman–Crippen LogP) is 3.78. The molecular weight excluding hydrogens is 370 g/mol. The number of amides is 1. The summed E-state index contributed by atoms with van der Waals surface area (Å²) in [4.78, 5) is 24.2. The highest BCUT2D eigenvalue weighted by molar-refractivity contribution is 5.92. The monoisotopic (exact) mass is 399 g/mol. The van der Waals surface area contributed by atoms with Crippen molar-refractivity contribution in [3.8, 4) is 11.5 Å². The Morgan fingerprint density at radius 3 is 2.48 bits per heavy atom. The fourth-order valence-electron chi connectivity index (χ4n) is 2.61. The van der Waals surface area contributed by atoms with Gasteiger partial charge in [0.15, 0.2) is 18.1 Å². The third-order valence-corrected chi connectivity index (χ3v) is 4.15. The van der Waals surface area contributed by atoms with Gasteiger partial charge in [0, 0.05) is 6.54 Å². The van der Waals surface area contributed by atoms with Crippen molar-refractivity contribution in [3.05, 3.63) is 59.7 Å². The van der Waals surface area contributed by atoms with Crippen molar-refractivity contribution < 1.29 is 23.8 Å². The van der Waals surface area contributed by atoms with Crippen molar-refractivity contribution in [2.45, 2.75) is 33.1 Å². The van der Waals surface area contributed by atoms with Gasteiger partial charge < -0.3 is 19.5 Å². The molecule has 0 bridgehead atoms. The minimum absolute atomic E-state index is 0.313. The first kappa shape index (κ1) is 22.3. The second-order valence-corrected chi connectivity index (χ2v) is 6.46. The Bertz CT molecular complexity index is 776. The highest BCUT2D eigenvalue weighted by Crippen LogP contribution is 2.29. The smallest absolute Gasteiger partial charge is 0.338 e. The Labute approximate surface area is 172 Å². The van der Waals surface area contributed by atoms with E-state index in [9.17, 15) is 9.59 Å². The highest BCUT2D eigenvalue weighted by Gasteiger charge is 2.14. The predicted molar refractivity (Wildman–Crippen MR) is 111 cm³/mol. The van der Waals surface area contributed by atoms with E-state index in [1.807, 2.05) is 37.3 Å². The number of carbonyl (C=O) groups is 2. The average molecular weight is 399 g/mol. The lowest BCUT2D eigenvalue weighted by Crippen LogP contribution is -2.30. The molecule has 2 aromatic carbocycles. The maximum atomic E-state index is 12.3. The van der Waals surface area contributed by atoms with Gasteiger partial charge >= 0.3 is 5.97 Å². The van der Waals surface area contributed by atoms with Crippen LogP contribution < -0.4 is 14.8 Å². The van der Waals surface area contributed by atoms with Crippen LogP contribution in [0.1, 0.15) is 42.6 Å². The maximum Gasteiger partial charge on any atom is 0.338 e. The summed E-state index contributed by atoms with van der Waals surface area (Å²) in [5.41, 5.74) is 1.45. The molecule has 0 spiro atoms. The van der Waals surface area contributed by atoms with Crippen molar-refractivity contribution in [3.63, 3.8) is 0 Å². The van der Waals surface area contributed by atoms with Crippen LogP contribution in [0.2, 0.25) is 0 Å². The van der Waals surface area contributed by atoms with Crippen LogP contribution in [0.15, 0.2) is 48.5 Å².